The van der Waals surface area contributed by atoms with Crippen LogP contribution in [0.15, 0.2) is 47.0 Å². The number of nitrogens with zero attached hydrogens (tertiary/aromatic N) is 3. The highest BCUT2D eigenvalue weighted by molar-refractivity contribution is 5.94. The second kappa shape index (κ2) is 6.43. The van der Waals surface area contributed by atoms with Crippen molar-refractivity contribution in [1.82, 2.24) is 15.3 Å². The molecule has 1 N–H and O–H groups in total. The van der Waals surface area contributed by atoms with E-state index in [0.717, 1.165) is 13.0 Å². The molecule has 4 rings (SSSR count). The molecule has 0 bridgehead atoms. The van der Waals surface area contributed by atoms with Crippen molar-refractivity contribution in [3.63, 3.8) is 0 Å². The molecule has 0 spiro atoms. The molecule has 7 nitrogen and oxygen atoms in total. The van der Waals surface area contributed by atoms with Gasteiger partial charge in [0.05, 0.1) is 7.11 Å². The summed E-state index contributed by atoms with van der Waals surface area (Å²) in [5, 5.41) is 3.06. The molecule has 0 aliphatic carbocycles. The molecule has 2 aromatic heterocycles. The Labute approximate surface area is 144 Å². The van der Waals surface area contributed by atoms with E-state index in [0.29, 0.717) is 35.1 Å². The Kier molecular flexibility index (Phi) is 3.97. The highest BCUT2D eigenvalue weighted by Crippen LogP contribution is 2.24. The number of methoxy groups -OCH3 is 1. The van der Waals surface area contributed by atoms with Gasteiger partial charge in [0.2, 0.25) is 5.65 Å². The van der Waals surface area contributed by atoms with Crippen LogP contribution in [0.4, 0.5) is 6.01 Å². The van der Waals surface area contributed by atoms with E-state index < -0.39 is 0 Å². The van der Waals surface area contributed by atoms with Crippen molar-refractivity contribution in [2.24, 2.45) is 0 Å². The largest absolute Gasteiger partial charge is 0.497 e. The summed E-state index contributed by atoms with van der Waals surface area (Å²) in [5.74, 6) is 0.560. The minimum Gasteiger partial charge on any atom is -0.497 e. The van der Waals surface area contributed by atoms with Gasteiger partial charge in [-0.15, -0.1) is 0 Å². The second-order valence-electron chi connectivity index (χ2n) is 5.96. The SMILES string of the molecule is COc1cccc(C(=O)NC2CCN(c3nc4ncccc4o3)C2)c1. The predicted molar refractivity (Wildman–Crippen MR) is 92.9 cm³/mol. The first kappa shape index (κ1) is 15.4. The standard InChI is InChI=1S/C18H18N4O3/c1-24-14-5-2-4-12(10-14)17(23)20-13-7-9-22(11-13)18-21-16-15(25-18)6-3-8-19-16/h2-6,8,10,13H,7,9,11H2,1H3,(H,20,23). The molecular weight excluding hydrogens is 320 g/mol. The number of fused-ring (bicyclic) bond motifs is 1. The molecule has 0 saturated carbocycles. The molecule has 1 amide bonds. The van der Waals surface area contributed by atoms with E-state index in [1.807, 2.05) is 23.1 Å². The minimum atomic E-state index is -0.106. The summed E-state index contributed by atoms with van der Waals surface area (Å²) in [7, 11) is 1.58. The van der Waals surface area contributed by atoms with Crippen molar-refractivity contribution in [3.8, 4) is 5.75 Å². The van der Waals surface area contributed by atoms with Gasteiger partial charge in [0.15, 0.2) is 5.58 Å². The maximum absolute atomic E-state index is 12.4. The van der Waals surface area contributed by atoms with Gasteiger partial charge in [0.1, 0.15) is 5.75 Å². The lowest BCUT2D eigenvalue weighted by molar-refractivity contribution is 0.0940. The third-order valence-corrected chi connectivity index (χ3v) is 4.28. The summed E-state index contributed by atoms with van der Waals surface area (Å²) in [6.45, 7) is 1.43. The number of hydrogen-bond acceptors (Lipinski definition) is 6. The number of nitrogens with one attached hydrogen (secondary N) is 1. The van der Waals surface area contributed by atoms with Crippen molar-refractivity contribution in [3.05, 3.63) is 48.2 Å². The van der Waals surface area contributed by atoms with Crippen molar-refractivity contribution in [1.29, 1.82) is 0 Å². The van der Waals surface area contributed by atoms with Gasteiger partial charge in [0, 0.05) is 30.9 Å². The first-order chi connectivity index (χ1) is 12.2. The molecule has 0 radical (unpaired) electrons. The summed E-state index contributed by atoms with van der Waals surface area (Å²) in [4.78, 5) is 23.0. The molecular formula is C18H18N4O3. The van der Waals surface area contributed by atoms with E-state index in [1.54, 1.807) is 31.5 Å². The number of ether oxygens (including phenoxy) is 1. The average Bonchev–Trinajstić information content (AvgIpc) is 3.28. The smallest absolute Gasteiger partial charge is 0.300 e. The van der Waals surface area contributed by atoms with Crippen molar-refractivity contribution < 1.29 is 13.9 Å². The molecule has 1 saturated heterocycles. The number of carbonyl (C=O) groups excluding carboxylic acids is 1. The van der Waals surface area contributed by atoms with Crippen LogP contribution in [0, 0.1) is 0 Å². The third-order valence-electron chi connectivity index (χ3n) is 4.28. The van der Waals surface area contributed by atoms with Gasteiger partial charge in [-0.25, -0.2) is 4.98 Å². The van der Waals surface area contributed by atoms with Crippen LogP contribution >= 0.6 is 0 Å². The lowest BCUT2D eigenvalue weighted by atomic mass is 10.2. The fraction of sp³-hybridized carbons (Fsp3) is 0.278. The monoisotopic (exact) mass is 338 g/mol. The molecule has 3 aromatic rings. The summed E-state index contributed by atoms with van der Waals surface area (Å²) < 4.78 is 10.9. The van der Waals surface area contributed by atoms with Gasteiger partial charge >= 0.3 is 0 Å². The van der Waals surface area contributed by atoms with Gasteiger partial charge in [-0.1, -0.05) is 6.07 Å². The number of carbonyl (C=O) groups is 1. The normalized spacial score (nSPS) is 17.0. The molecule has 7 heteroatoms. The number of hydrogen-bond donors (Lipinski definition) is 1. The predicted octanol–water partition coefficient (Wildman–Crippen LogP) is 2.24. The first-order valence-electron chi connectivity index (χ1n) is 8.14. The quantitative estimate of drug-likeness (QED) is 0.786. The van der Waals surface area contributed by atoms with Crippen LogP contribution in [0.2, 0.25) is 0 Å². The van der Waals surface area contributed by atoms with E-state index in [1.165, 1.54) is 0 Å². The maximum atomic E-state index is 12.4. The Hall–Kier alpha value is -3.09. The van der Waals surface area contributed by atoms with Crippen molar-refractivity contribution >= 4 is 23.2 Å². The first-order valence-corrected chi connectivity index (χ1v) is 8.14. The highest BCUT2D eigenvalue weighted by Gasteiger charge is 2.27. The zero-order chi connectivity index (χ0) is 17.2. The van der Waals surface area contributed by atoms with Crippen molar-refractivity contribution in [2.45, 2.75) is 12.5 Å². The fourth-order valence-corrected chi connectivity index (χ4v) is 2.98. The Balaban J connectivity index is 1.42. The van der Waals surface area contributed by atoms with E-state index >= 15 is 0 Å². The number of benzene rings is 1. The zero-order valence-electron chi connectivity index (χ0n) is 13.8. The lowest BCUT2D eigenvalue weighted by Crippen LogP contribution is -2.37. The van der Waals surface area contributed by atoms with E-state index in [4.69, 9.17) is 9.15 Å². The van der Waals surface area contributed by atoms with E-state index in [2.05, 4.69) is 15.3 Å². The van der Waals surface area contributed by atoms with Crippen LogP contribution in [0.1, 0.15) is 16.8 Å². The Morgan fingerprint density at radius 2 is 2.28 bits per heavy atom. The minimum absolute atomic E-state index is 0.0432. The van der Waals surface area contributed by atoms with Crippen LogP contribution in [-0.4, -0.2) is 42.1 Å². The summed E-state index contributed by atoms with van der Waals surface area (Å²) in [6, 6.07) is 11.4. The summed E-state index contributed by atoms with van der Waals surface area (Å²) in [5.41, 5.74) is 1.85. The molecule has 1 atom stereocenters. The fourth-order valence-electron chi connectivity index (χ4n) is 2.98. The summed E-state index contributed by atoms with van der Waals surface area (Å²) >= 11 is 0. The van der Waals surface area contributed by atoms with Crippen LogP contribution in [0.5, 0.6) is 5.75 Å². The van der Waals surface area contributed by atoms with Crippen LogP contribution < -0.4 is 15.0 Å². The zero-order valence-corrected chi connectivity index (χ0v) is 13.8. The lowest BCUT2D eigenvalue weighted by Gasteiger charge is -2.15. The number of aromatic nitrogens is 2. The molecule has 25 heavy (non-hydrogen) atoms. The van der Waals surface area contributed by atoms with E-state index in [9.17, 15) is 4.79 Å². The molecule has 1 aromatic carbocycles. The Bertz CT molecular complexity index is 875. The molecule has 1 unspecified atom stereocenters. The topological polar surface area (TPSA) is 80.5 Å². The second-order valence-corrected chi connectivity index (χ2v) is 5.96. The summed E-state index contributed by atoms with van der Waals surface area (Å²) in [6.07, 6.45) is 2.53. The van der Waals surface area contributed by atoms with Crippen LogP contribution in [0.25, 0.3) is 11.2 Å². The van der Waals surface area contributed by atoms with Crippen LogP contribution in [0.3, 0.4) is 0 Å². The maximum Gasteiger partial charge on any atom is 0.300 e. The number of amides is 1. The number of oxazole rings is 1. The number of anilines is 1. The molecule has 1 aliphatic rings. The third kappa shape index (κ3) is 3.13. The number of pyridine rings is 1. The van der Waals surface area contributed by atoms with E-state index in [-0.39, 0.29) is 11.9 Å². The van der Waals surface area contributed by atoms with Gasteiger partial charge in [-0.05, 0) is 36.8 Å². The highest BCUT2D eigenvalue weighted by atomic mass is 16.5. The Morgan fingerprint density at radius 3 is 3.12 bits per heavy atom. The molecule has 3 heterocycles. The van der Waals surface area contributed by atoms with Crippen molar-refractivity contribution in [2.75, 3.05) is 25.1 Å². The van der Waals surface area contributed by atoms with Gasteiger partial charge in [0.25, 0.3) is 11.9 Å². The molecule has 128 valence electrons. The average molecular weight is 338 g/mol. The molecule has 1 fully saturated rings. The van der Waals surface area contributed by atoms with Gasteiger partial charge in [-0.3, -0.25) is 4.79 Å². The molecule has 1 aliphatic heterocycles. The Morgan fingerprint density at radius 1 is 1.36 bits per heavy atom. The van der Waals surface area contributed by atoms with Gasteiger partial charge in [-0.2, -0.15) is 4.98 Å². The van der Waals surface area contributed by atoms with Gasteiger partial charge < -0.3 is 19.4 Å². The van der Waals surface area contributed by atoms with Crippen LogP contribution in [-0.2, 0) is 0 Å². The number of rotatable bonds is 4.